The molecule has 1 amide bonds. The maximum atomic E-state index is 11.8. The molecule has 2 aromatic carbocycles. The van der Waals surface area contributed by atoms with Gasteiger partial charge < -0.3 is 20.3 Å². The number of carboxylic acids is 1. The zero-order valence-corrected chi connectivity index (χ0v) is 16.6. The van der Waals surface area contributed by atoms with Crippen molar-refractivity contribution in [1.29, 1.82) is 0 Å². The number of amides is 1. The van der Waals surface area contributed by atoms with Gasteiger partial charge in [0.25, 0.3) is 5.91 Å². The van der Waals surface area contributed by atoms with E-state index in [1.54, 1.807) is 31.2 Å². The van der Waals surface area contributed by atoms with Crippen molar-refractivity contribution in [3.05, 3.63) is 64.7 Å². The van der Waals surface area contributed by atoms with Crippen molar-refractivity contribution in [2.24, 2.45) is 0 Å². The quantitative estimate of drug-likeness (QED) is 0.593. The van der Waals surface area contributed by atoms with Crippen molar-refractivity contribution in [3.8, 4) is 5.75 Å². The van der Waals surface area contributed by atoms with E-state index in [1.807, 2.05) is 24.3 Å². The number of hydrogen-bond acceptors (Lipinski definition) is 4. The highest BCUT2D eigenvalue weighted by molar-refractivity contribution is 6.30. The average molecular weight is 408 g/mol. The summed E-state index contributed by atoms with van der Waals surface area (Å²) in [5, 5.41) is 19.7. The molecule has 0 saturated carbocycles. The number of carbonyl (C=O) groups excluding carboxylic acids is 1. The Morgan fingerprint density at radius 1 is 1.07 bits per heavy atom. The molecule has 0 unspecified atom stereocenters. The maximum absolute atomic E-state index is 11.8. The van der Waals surface area contributed by atoms with Crippen LogP contribution < -0.4 is 10.1 Å². The van der Waals surface area contributed by atoms with Crippen LogP contribution in [0.4, 0.5) is 0 Å². The third-order valence-corrected chi connectivity index (χ3v) is 3.78. The van der Waals surface area contributed by atoms with E-state index in [1.165, 1.54) is 0 Å². The Morgan fingerprint density at radius 3 is 2.36 bits per heavy atom. The van der Waals surface area contributed by atoms with E-state index in [9.17, 15) is 9.59 Å². The summed E-state index contributed by atoms with van der Waals surface area (Å²) < 4.78 is 5.42. The molecule has 2 aromatic rings. The Bertz CT molecular complexity index is 734. The first-order valence-corrected chi connectivity index (χ1v) is 9.38. The molecule has 0 heterocycles. The van der Waals surface area contributed by atoms with Crippen LogP contribution in [0.25, 0.3) is 0 Å². The lowest BCUT2D eigenvalue weighted by Crippen LogP contribution is -2.30. The first-order chi connectivity index (χ1) is 13.4. The maximum Gasteiger partial charge on any atom is 0.303 e. The lowest BCUT2D eigenvalue weighted by atomic mass is 10.1. The molecule has 0 aromatic heterocycles. The minimum Gasteiger partial charge on any atom is -0.484 e. The Morgan fingerprint density at radius 2 is 1.75 bits per heavy atom. The Labute approximate surface area is 170 Å². The van der Waals surface area contributed by atoms with Gasteiger partial charge in [0.1, 0.15) is 5.75 Å². The molecule has 0 saturated heterocycles. The van der Waals surface area contributed by atoms with Gasteiger partial charge in [-0.15, -0.1) is 0 Å². The number of halogens is 1. The molecule has 0 fully saturated rings. The smallest absolute Gasteiger partial charge is 0.303 e. The summed E-state index contributed by atoms with van der Waals surface area (Å²) in [6.07, 6.45) is 1.26. The van der Waals surface area contributed by atoms with Crippen molar-refractivity contribution >= 4 is 23.5 Å². The summed E-state index contributed by atoms with van der Waals surface area (Å²) in [5.41, 5.74) is 1.98. The van der Waals surface area contributed by atoms with E-state index >= 15 is 0 Å². The fourth-order valence-electron chi connectivity index (χ4n) is 2.24. The number of aliphatic carboxylic acids is 1. The summed E-state index contributed by atoms with van der Waals surface area (Å²) in [4.78, 5) is 22.3. The molecule has 7 heteroatoms. The number of benzene rings is 2. The van der Waals surface area contributed by atoms with Crippen molar-refractivity contribution in [1.82, 2.24) is 5.32 Å². The largest absolute Gasteiger partial charge is 0.484 e. The number of carbonyl (C=O) groups is 2. The molecule has 0 spiro atoms. The zero-order valence-electron chi connectivity index (χ0n) is 15.9. The topological polar surface area (TPSA) is 95.9 Å². The fraction of sp³-hybridized carbons (Fsp3) is 0.333. The molecule has 28 heavy (non-hydrogen) atoms. The van der Waals surface area contributed by atoms with Crippen molar-refractivity contribution < 1.29 is 24.5 Å². The van der Waals surface area contributed by atoms with Gasteiger partial charge in [0, 0.05) is 24.6 Å². The van der Waals surface area contributed by atoms with Crippen molar-refractivity contribution in [2.45, 2.75) is 26.2 Å². The SMILES string of the molecule is CCO.O=C(O)CCc1ccc(OCC(=O)NCCc2cccc(Cl)c2)cc1. The van der Waals surface area contributed by atoms with Crippen LogP contribution in [-0.2, 0) is 22.4 Å². The highest BCUT2D eigenvalue weighted by Crippen LogP contribution is 2.13. The van der Waals surface area contributed by atoms with Crippen molar-refractivity contribution in [3.63, 3.8) is 0 Å². The minimum absolute atomic E-state index is 0.0655. The highest BCUT2D eigenvalue weighted by Gasteiger charge is 2.04. The van der Waals surface area contributed by atoms with Gasteiger partial charge >= 0.3 is 5.97 Å². The van der Waals surface area contributed by atoms with Gasteiger partial charge in [-0.3, -0.25) is 9.59 Å². The second kappa shape index (κ2) is 13.6. The van der Waals surface area contributed by atoms with E-state index in [2.05, 4.69) is 5.32 Å². The Kier molecular flexibility index (Phi) is 11.4. The van der Waals surface area contributed by atoms with Crippen LogP contribution >= 0.6 is 11.6 Å². The molecule has 0 bridgehead atoms. The van der Waals surface area contributed by atoms with Crippen LogP contribution in [0.1, 0.15) is 24.5 Å². The van der Waals surface area contributed by atoms with Gasteiger partial charge in [-0.25, -0.2) is 0 Å². The minimum atomic E-state index is -0.824. The fourth-order valence-corrected chi connectivity index (χ4v) is 2.46. The molecular formula is C21H26ClNO5. The normalized spacial score (nSPS) is 9.82. The number of aliphatic hydroxyl groups excluding tert-OH is 1. The number of aliphatic hydroxyl groups is 1. The first kappa shape index (κ1) is 23.5. The van der Waals surface area contributed by atoms with Crippen LogP contribution in [0.15, 0.2) is 48.5 Å². The average Bonchev–Trinajstić information content (AvgIpc) is 2.66. The molecule has 0 aliphatic carbocycles. The lowest BCUT2D eigenvalue weighted by Gasteiger charge is -2.08. The van der Waals surface area contributed by atoms with Gasteiger partial charge in [-0.1, -0.05) is 35.9 Å². The molecule has 0 atom stereocenters. The van der Waals surface area contributed by atoms with Crippen LogP contribution in [0.2, 0.25) is 5.02 Å². The van der Waals surface area contributed by atoms with E-state index in [0.717, 1.165) is 11.1 Å². The van der Waals surface area contributed by atoms with E-state index < -0.39 is 5.97 Å². The second-order valence-corrected chi connectivity index (χ2v) is 6.31. The number of hydrogen-bond donors (Lipinski definition) is 3. The first-order valence-electron chi connectivity index (χ1n) is 9.00. The summed E-state index contributed by atoms with van der Waals surface area (Å²) in [7, 11) is 0. The molecule has 0 aliphatic heterocycles. The van der Waals surface area contributed by atoms with Crippen LogP contribution in [0.3, 0.4) is 0 Å². The van der Waals surface area contributed by atoms with Gasteiger partial charge in [0.15, 0.2) is 6.61 Å². The Balaban J connectivity index is 0.00000122. The molecule has 152 valence electrons. The van der Waals surface area contributed by atoms with E-state index in [4.69, 9.17) is 26.6 Å². The number of ether oxygens (including phenoxy) is 1. The molecule has 2 rings (SSSR count). The third-order valence-electron chi connectivity index (χ3n) is 3.55. The second-order valence-electron chi connectivity index (χ2n) is 5.87. The molecule has 0 aliphatic rings. The molecule has 0 radical (unpaired) electrons. The van der Waals surface area contributed by atoms with E-state index in [0.29, 0.717) is 30.2 Å². The monoisotopic (exact) mass is 407 g/mol. The number of carboxylic acid groups (broad SMARTS) is 1. The summed E-state index contributed by atoms with van der Waals surface area (Å²) >= 11 is 5.91. The Hall–Kier alpha value is -2.57. The third kappa shape index (κ3) is 10.5. The predicted octanol–water partition coefficient (Wildman–Crippen LogP) is 3.09. The van der Waals surface area contributed by atoms with Gasteiger partial charge in [0.05, 0.1) is 0 Å². The summed E-state index contributed by atoms with van der Waals surface area (Å²) in [5.74, 6) is -0.448. The summed E-state index contributed by atoms with van der Waals surface area (Å²) in [6.45, 7) is 2.38. The van der Waals surface area contributed by atoms with Gasteiger partial charge in [-0.05, 0) is 55.2 Å². The van der Waals surface area contributed by atoms with Gasteiger partial charge in [0.2, 0.25) is 0 Å². The van der Waals surface area contributed by atoms with Crippen LogP contribution in [0, 0.1) is 0 Å². The van der Waals surface area contributed by atoms with Crippen LogP contribution in [0.5, 0.6) is 5.75 Å². The van der Waals surface area contributed by atoms with Crippen molar-refractivity contribution in [2.75, 3.05) is 19.8 Å². The van der Waals surface area contributed by atoms with E-state index in [-0.39, 0.29) is 25.5 Å². The number of nitrogens with one attached hydrogen (secondary N) is 1. The lowest BCUT2D eigenvalue weighted by molar-refractivity contribution is -0.137. The summed E-state index contributed by atoms with van der Waals surface area (Å²) in [6, 6.07) is 14.6. The molecule has 6 nitrogen and oxygen atoms in total. The predicted molar refractivity (Wildman–Crippen MR) is 109 cm³/mol. The number of rotatable bonds is 9. The standard InChI is InChI=1S/C19H20ClNO4.C2H6O/c20-16-3-1-2-15(12-16)10-11-21-18(22)13-25-17-7-4-14(5-8-17)6-9-19(23)24;1-2-3/h1-5,7-8,12H,6,9-11,13H2,(H,21,22)(H,23,24);3H,2H2,1H3. The molecular weight excluding hydrogens is 382 g/mol. The number of aryl methyl sites for hydroxylation is 1. The highest BCUT2D eigenvalue weighted by atomic mass is 35.5. The molecule has 3 N–H and O–H groups in total. The van der Waals surface area contributed by atoms with Gasteiger partial charge in [-0.2, -0.15) is 0 Å². The zero-order chi connectivity index (χ0) is 20.8. The van der Waals surface area contributed by atoms with Crippen LogP contribution in [-0.4, -0.2) is 41.8 Å².